The molecule has 1 aromatic heterocycles. The van der Waals surface area contributed by atoms with Crippen LogP contribution in [0, 0.1) is 0 Å². The van der Waals surface area contributed by atoms with Gasteiger partial charge in [-0.3, -0.25) is 4.68 Å². The summed E-state index contributed by atoms with van der Waals surface area (Å²) in [7, 11) is 2.06. The van der Waals surface area contributed by atoms with Gasteiger partial charge in [0.1, 0.15) is 0 Å². The van der Waals surface area contributed by atoms with Gasteiger partial charge in [-0.05, 0) is 31.5 Å². The number of hydrogen-bond acceptors (Lipinski definition) is 3. The Morgan fingerprint density at radius 2 is 2.00 bits per heavy atom. The van der Waals surface area contributed by atoms with E-state index in [-0.39, 0.29) is 0 Å². The van der Waals surface area contributed by atoms with E-state index in [1.165, 1.54) is 5.69 Å². The van der Waals surface area contributed by atoms with E-state index in [0.717, 1.165) is 36.6 Å². The summed E-state index contributed by atoms with van der Waals surface area (Å²) < 4.78 is 2.06. The quantitative estimate of drug-likeness (QED) is 0.839. The molecule has 0 aliphatic heterocycles. The molecule has 0 amide bonds. The van der Waals surface area contributed by atoms with Gasteiger partial charge in [0.25, 0.3) is 0 Å². The summed E-state index contributed by atoms with van der Waals surface area (Å²) in [6, 6.07) is 10.1. The van der Waals surface area contributed by atoms with Crippen LogP contribution in [0.15, 0.2) is 30.3 Å². The standard InChI is InChI=1S/C15H22N4/c1-4-12-10-13(19(5-2)17-12)11-18(3)15-9-7-6-8-14(15)16/h6-10H,4-5,11,16H2,1-3H3. The molecule has 2 aromatic rings. The zero-order valence-corrected chi connectivity index (χ0v) is 11.9. The number of nitrogen functional groups attached to an aromatic ring is 1. The van der Waals surface area contributed by atoms with Gasteiger partial charge < -0.3 is 10.6 Å². The van der Waals surface area contributed by atoms with Crippen molar-refractivity contribution in [3.8, 4) is 0 Å². The smallest absolute Gasteiger partial charge is 0.0625 e. The second-order valence-corrected chi connectivity index (χ2v) is 4.71. The monoisotopic (exact) mass is 258 g/mol. The van der Waals surface area contributed by atoms with Crippen molar-refractivity contribution in [1.82, 2.24) is 9.78 Å². The lowest BCUT2D eigenvalue weighted by Crippen LogP contribution is -2.20. The van der Waals surface area contributed by atoms with Gasteiger partial charge in [-0.15, -0.1) is 0 Å². The second-order valence-electron chi connectivity index (χ2n) is 4.71. The summed E-state index contributed by atoms with van der Waals surface area (Å²) in [5.74, 6) is 0. The lowest BCUT2D eigenvalue weighted by Gasteiger charge is -2.21. The van der Waals surface area contributed by atoms with Gasteiger partial charge >= 0.3 is 0 Å². The molecule has 0 bridgehead atoms. The number of nitrogens with zero attached hydrogens (tertiary/aromatic N) is 3. The van der Waals surface area contributed by atoms with Crippen LogP contribution in [0.5, 0.6) is 0 Å². The Hall–Kier alpha value is -1.97. The second kappa shape index (κ2) is 5.78. The number of aryl methyl sites for hydroxylation is 2. The molecule has 0 atom stereocenters. The highest BCUT2D eigenvalue weighted by Gasteiger charge is 2.10. The maximum Gasteiger partial charge on any atom is 0.0625 e. The highest BCUT2D eigenvalue weighted by Crippen LogP contribution is 2.23. The van der Waals surface area contributed by atoms with Crippen molar-refractivity contribution in [1.29, 1.82) is 0 Å². The molecule has 2 N–H and O–H groups in total. The topological polar surface area (TPSA) is 47.1 Å². The van der Waals surface area contributed by atoms with Crippen molar-refractivity contribution in [2.24, 2.45) is 0 Å². The largest absolute Gasteiger partial charge is 0.397 e. The predicted octanol–water partition coefficient (Wildman–Crippen LogP) is 2.68. The Morgan fingerprint density at radius 3 is 2.63 bits per heavy atom. The van der Waals surface area contributed by atoms with E-state index in [2.05, 4.69) is 41.6 Å². The highest BCUT2D eigenvalue weighted by atomic mass is 15.3. The van der Waals surface area contributed by atoms with Crippen LogP contribution in [0.4, 0.5) is 11.4 Å². The summed E-state index contributed by atoms with van der Waals surface area (Å²) in [5, 5.41) is 4.58. The van der Waals surface area contributed by atoms with E-state index in [9.17, 15) is 0 Å². The van der Waals surface area contributed by atoms with Crippen molar-refractivity contribution in [3.63, 3.8) is 0 Å². The Kier molecular flexibility index (Phi) is 4.10. The van der Waals surface area contributed by atoms with Gasteiger partial charge in [-0.1, -0.05) is 19.1 Å². The molecule has 4 heteroatoms. The molecule has 0 radical (unpaired) electrons. The summed E-state index contributed by atoms with van der Waals surface area (Å²) in [6.07, 6.45) is 0.969. The molecule has 1 aromatic carbocycles. The van der Waals surface area contributed by atoms with E-state index in [1.54, 1.807) is 0 Å². The maximum atomic E-state index is 6.01. The summed E-state index contributed by atoms with van der Waals surface area (Å²) in [4.78, 5) is 2.16. The van der Waals surface area contributed by atoms with Crippen molar-refractivity contribution >= 4 is 11.4 Å². The first-order valence-corrected chi connectivity index (χ1v) is 6.77. The molecular weight excluding hydrogens is 236 g/mol. The van der Waals surface area contributed by atoms with Gasteiger partial charge in [0, 0.05) is 13.6 Å². The van der Waals surface area contributed by atoms with Gasteiger partial charge in [0.15, 0.2) is 0 Å². The number of aromatic nitrogens is 2. The van der Waals surface area contributed by atoms with Crippen LogP contribution < -0.4 is 10.6 Å². The first kappa shape index (κ1) is 13.5. The van der Waals surface area contributed by atoms with E-state index in [1.807, 2.05) is 24.3 Å². The molecule has 0 aliphatic rings. The molecule has 0 saturated heterocycles. The lowest BCUT2D eigenvalue weighted by atomic mass is 10.2. The summed E-state index contributed by atoms with van der Waals surface area (Å²) in [5.41, 5.74) is 10.3. The molecule has 0 saturated carbocycles. The Labute approximate surface area is 114 Å². The third kappa shape index (κ3) is 2.89. The molecule has 2 rings (SSSR count). The fourth-order valence-electron chi connectivity index (χ4n) is 2.25. The van der Waals surface area contributed by atoms with E-state index in [0.29, 0.717) is 0 Å². The Balaban J connectivity index is 2.21. The minimum atomic E-state index is 0.809. The number of nitrogens with two attached hydrogens (primary N) is 1. The molecule has 0 aliphatic carbocycles. The molecule has 0 fully saturated rings. The molecule has 4 nitrogen and oxygen atoms in total. The van der Waals surface area contributed by atoms with Gasteiger partial charge in [-0.25, -0.2) is 0 Å². The maximum absolute atomic E-state index is 6.01. The molecular formula is C15H22N4. The molecule has 102 valence electrons. The minimum Gasteiger partial charge on any atom is -0.397 e. The van der Waals surface area contributed by atoms with Crippen LogP contribution in [-0.4, -0.2) is 16.8 Å². The average Bonchev–Trinajstić information content (AvgIpc) is 2.81. The van der Waals surface area contributed by atoms with Gasteiger partial charge in [0.05, 0.1) is 29.3 Å². The molecule has 0 unspecified atom stereocenters. The molecule has 19 heavy (non-hydrogen) atoms. The van der Waals surface area contributed by atoms with E-state index < -0.39 is 0 Å². The summed E-state index contributed by atoms with van der Waals surface area (Å²) in [6.45, 7) is 5.96. The van der Waals surface area contributed by atoms with Crippen molar-refractivity contribution in [2.45, 2.75) is 33.4 Å². The first-order chi connectivity index (χ1) is 9.15. The van der Waals surface area contributed by atoms with E-state index in [4.69, 9.17) is 5.73 Å². The number of anilines is 2. The number of benzene rings is 1. The van der Waals surface area contributed by atoms with Crippen molar-refractivity contribution in [3.05, 3.63) is 41.7 Å². The van der Waals surface area contributed by atoms with Crippen LogP contribution in [0.25, 0.3) is 0 Å². The lowest BCUT2D eigenvalue weighted by molar-refractivity contribution is 0.610. The van der Waals surface area contributed by atoms with Crippen molar-refractivity contribution in [2.75, 3.05) is 17.7 Å². The van der Waals surface area contributed by atoms with E-state index >= 15 is 0 Å². The third-order valence-electron chi connectivity index (χ3n) is 3.32. The van der Waals surface area contributed by atoms with Crippen LogP contribution in [0.2, 0.25) is 0 Å². The zero-order chi connectivity index (χ0) is 13.8. The first-order valence-electron chi connectivity index (χ1n) is 6.77. The van der Waals surface area contributed by atoms with Gasteiger partial charge in [-0.2, -0.15) is 5.10 Å². The Morgan fingerprint density at radius 1 is 1.26 bits per heavy atom. The fourth-order valence-corrected chi connectivity index (χ4v) is 2.25. The van der Waals surface area contributed by atoms with Crippen molar-refractivity contribution < 1.29 is 0 Å². The SMILES string of the molecule is CCc1cc(CN(C)c2ccccc2N)n(CC)n1. The van der Waals surface area contributed by atoms with Crippen LogP contribution >= 0.6 is 0 Å². The normalized spacial score (nSPS) is 10.7. The highest BCUT2D eigenvalue weighted by molar-refractivity contribution is 5.66. The zero-order valence-electron chi connectivity index (χ0n) is 11.9. The molecule has 1 heterocycles. The number of hydrogen-bond donors (Lipinski definition) is 1. The van der Waals surface area contributed by atoms with Crippen LogP contribution in [-0.2, 0) is 19.5 Å². The fraction of sp³-hybridized carbons (Fsp3) is 0.400. The van der Waals surface area contributed by atoms with Gasteiger partial charge in [0.2, 0.25) is 0 Å². The Bertz CT molecular complexity index is 545. The molecule has 0 spiro atoms. The minimum absolute atomic E-state index is 0.809. The predicted molar refractivity (Wildman–Crippen MR) is 80.2 cm³/mol. The summed E-state index contributed by atoms with van der Waals surface area (Å²) >= 11 is 0. The number of rotatable bonds is 5. The third-order valence-corrected chi connectivity index (χ3v) is 3.32. The van der Waals surface area contributed by atoms with Crippen LogP contribution in [0.1, 0.15) is 25.2 Å². The average molecular weight is 258 g/mol. The van der Waals surface area contributed by atoms with Crippen LogP contribution in [0.3, 0.4) is 0 Å². The number of para-hydroxylation sites is 2.